The minimum Gasteiger partial charge on any atom is -0.497 e. The van der Waals surface area contributed by atoms with Crippen LogP contribution < -0.4 is 20.2 Å². The van der Waals surface area contributed by atoms with Crippen LogP contribution in [0.15, 0.2) is 77.9 Å². The number of hydrogen-bond acceptors (Lipinski definition) is 6. The van der Waals surface area contributed by atoms with Crippen molar-refractivity contribution < 1.29 is 23.9 Å². The zero-order valence-corrected chi connectivity index (χ0v) is 18.6. The number of hydrazone groups is 1. The van der Waals surface area contributed by atoms with Crippen molar-refractivity contribution in [2.75, 3.05) is 12.4 Å². The molecule has 0 aliphatic heterocycles. The second-order valence-corrected chi connectivity index (χ2v) is 7.15. The third-order valence-corrected chi connectivity index (χ3v) is 4.69. The molecule has 9 heteroatoms. The zero-order valence-electron chi connectivity index (χ0n) is 17.8. The van der Waals surface area contributed by atoms with Crippen LogP contribution in [0, 0.1) is 0 Å². The number of methoxy groups -OCH3 is 1. The van der Waals surface area contributed by atoms with Crippen LogP contribution in [-0.2, 0) is 9.59 Å². The van der Waals surface area contributed by atoms with E-state index in [0.29, 0.717) is 33.3 Å². The molecule has 8 nitrogen and oxygen atoms in total. The molecule has 0 heterocycles. The molecule has 3 aromatic carbocycles. The van der Waals surface area contributed by atoms with Gasteiger partial charge in [-0.15, -0.1) is 0 Å². The highest BCUT2D eigenvalue weighted by atomic mass is 35.5. The Hall–Kier alpha value is -4.17. The summed E-state index contributed by atoms with van der Waals surface area (Å²) in [6, 6.07) is 19.5. The largest absolute Gasteiger partial charge is 0.497 e. The van der Waals surface area contributed by atoms with Gasteiger partial charge in [0, 0.05) is 16.3 Å². The fourth-order valence-corrected chi connectivity index (χ4v) is 2.83. The summed E-state index contributed by atoms with van der Waals surface area (Å²) < 4.78 is 10.5. The number of hydrogen-bond donors (Lipinski definition) is 2. The normalized spacial score (nSPS) is 10.8. The fraction of sp³-hybridized carbons (Fsp3) is 0.0833. The maximum atomic E-state index is 12.4. The van der Waals surface area contributed by atoms with Crippen LogP contribution in [0.25, 0.3) is 0 Å². The lowest BCUT2D eigenvalue weighted by atomic mass is 10.1. The third-order valence-electron chi connectivity index (χ3n) is 4.44. The van der Waals surface area contributed by atoms with E-state index in [-0.39, 0.29) is 5.75 Å². The first kappa shape index (κ1) is 23.5. The van der Waals surface area contributed by atoms with Crippen molar-refractivity contribution in [2.24, 2.45) is 5.10 Å². The number of anilines is 1. The summed E-state index contributed by atoms with van der Waals surface area (Å²) in [5.74, 6) is -1.56. The van der Waals surface area contributed by atoms with Gasteiger partial charge >= 0.3 is 17.8 Å². The van der Waals surface area contributed by atoms with Gasteiger partial charge in [-0.1, -0.05) is 23.7 Å². The van der Waals surface area contributed by atoms with E-state index < -0.39 is 17.8 Å². The topological polar surface area (TPSA) is 106 Å². The van der Waals surface area contributed by atoms with E-state index in [2.05, 4.69) is 15.8 Å². The van der Waals surface area contributed by atoms with Crippen molar-refractivity contribution >= 4 is 40.8 Å². The molecule has 0 fully saturated rings. The van der Waals surface area contributed by atoms with Crippen LogP contribution in [0.2, 0.25) is 5.02 Å². The Morgan fingerprint density at radius 3 is 2.21 bits per heavy atom. The van der Waals surface area contributed by atoms with Crippen LogP contribution in [0.1, 0.15) is 22.8 Å². The summed E-state index contributed by atoms with van der Waals surface area (Å²) in [6.07, 6.45) is 0. The van der Waals surface area contributed by atoms with Crippen molar-refractivity contribution in [3.63, 3.8) is 0 Å². The maximum absolute atomic E-state index is 12.4. The predicted octanol–water partition coefficient (Wildman–Crippen LogP) is 4.05. The number of nitrogens with zero attached hydrogens (tertiary/aromatic N) is 1. The monoisotopic (exact) mass is 465 g/mol. The molecule has 0 atom stereocenters. The molecule has 0 saturated carbocycles. The second kappa shape index (κ2) is 10.9. The lowest BCUT2D eigenvalue weighted by Crippen LogP contribution is -2.33. The predicted molar refractivity (Wildman–Crippen MR) is 125 cm³/mol. The molecule has 0 unspecified atom stereocenters. The molecule has 3 aromatic rings. The Balaban J connectivity index is 1.66. The van der Waals surface area contributed by atoms with Crippen molar-refractivity contribution in [3.05, 3.63) is 88.9 Å². The standard InChI is InChI=1S/C24H20ClN3O5/c1-15(27-28-23(30)22(29)26-18-11-13-19(32-2)14-12-18)20-5-3-4-6-21(20)33-24(31)16-7-9-17(25)10-8-16/h3-14H,1-2H3,(H,26,29)(H,28,30)/b27-15+. The van der Waals surface area contributed by atoms with Gasteiger partial charge in [0.1, 0.15) is 11.5 Å². The van der Waals surface area contributed by atoms with E-state index in [4.69, 9.17) is 21.1 Å². The summed E-state index contributed by atoms with van der Waals surface area (Å²) in [4.78, 5) is 36.7. The molecule has 2 amide bonds. The van der Waals surface area contributed by atoms with Crippen molar-refractivity contribution in [1.29, 1.82) is 0 Å². The molecular weight excluding hydrogens is 446 g/mol. The zero-order chi connectivity index (χ0) is 23.8. The van der Waals surface area contributed by atoms with Crippen LogP contribution in [-0.4, -0.2) is 30.6 Å². The number of ether oxygens (including phenoxy) is 2. The number of carbonyl (C=O) groups excluding carboxylic acids is 3. The Morgan fingerprint density at radius 1 is 0.879 bits per heavy atom. The van der Waals surface area contributed by atoms with Gasteiger partial charge in [0.25, 0.3) is 0 Å². The number of amides is 2. The average Bonchev–Trinajstić information content (AvgIpc) is 2.83. The number of halogens is 1. The van der Waals surface area contributed by atoms with Gasteiger partial charge in [-0.2, -0.15) is 5.10 Å². The Morgan fingerprint density at radius 2 is 1.55 bits per heavy atom. The SMILES string of the molecule is COc1ccc(NC(=O)C(=O)N/N=C(\C)c2ccccc2OC(=O)c2ccc(Cl)cc2)cc1. The van der Waals surface area contributed by atoms with E-state index in [1.165, 1.54) is 7.11 Å². The molecule has 0 radical (unpaired) electrons. The molecule has 2 N–H and O–H groups in total. The number of benzene rings is 3. The van der Waals surface area contributed by atoms with Gasteiger partial charge < -0.3 is 14.8 Å². The summed E-state index contributed by atoms with van der Waals surface area (Å²) in [7, 11) is 1.53. The molecule has 0 aromatic heterocycles. The van der Waals surface area contributed by atoms with Crippen LogP contribution in [0.3, 0.4) is 0 Å². The molecular formula is C24H20ClN3O5. The lowest BCUT2D eigenvalue weighted by molar-refractivity contribution is -0.136. The number of rotatable bonds is 6. The minimum absolute atomic E-state index is 0.246. The molecule has 3 rings (SSSR count). The van der Waals surface area contributed by atoms with Gasteiger partial charge in [-0.05, 0) is 67.6 Å². The molecule has 0 spiro atoms. The van der Waals surface area contributed by atoms with Crippen LogP contribution >= 0.6 is 11.6 Å². The molecule has 168 valence electrons. The van der Waals surface area contributed by atoms with E-state index >= 15 is 0 Å². The number of esters is 1. The molecule has 0 aliphatic carbocycles. The average molecular weight is 466 g/mol. The number of carbonyl (C=O) groups is 3. The van der Waals surface area contributed by atoms with Crippen molar-refractivity contribution in [2.45, 2.75) is 6.92 Å². The van der Waals surface area contributed by atoms with Gasteiger partial charge in [-0.25, -0.2) is 10.2 Å². The third kappa shape index (κ3) is 6.41. The highest BCUT2D eigenvalue weighted by Gasteiger charge is 2.16. The van der Waals surface area contributed by atoms with Crippen molar-refractivity contribution in [1.82, 2.24) is 5.43 Å². The van der Waals surface area contributed by atoms with E-state index in [1.807, 2.05) is 0 Å². The highest BCUT2D eigenvalue weighted by Crippen LogP contribution is 2.21. The summed E-state index contributed by atoms with van der Waals surface area (Å²) in [6.45, 7) is 1.61. The quantitative estimate of drug-likeness (QED) is 0.188. The second-order valence-electron chi connectivity index (χ2n) is 6.71. The summed E-state index contributed by atoms with van der Waals surface area (Å²) in [5.41, 5.74) is 3.75. The Bertz CT molecular complexity index is 1190. The van der Waals surface area contributed by atoms with Crippen LogP contribution in [0.4, 0.5) is 5.69 Å². The van der Waals surface area contributed by atoms with Gasteiger partial charge in [0.05, 0.1) is 18.4 Å². The first-order valence-electron chi connectivity index (χ1n) is 9.74. The van der Waals surface area contributed by atoms with E-state index in [1.54, 1.807) is 79.7 Å². The summed E-state index contributed by atoms with van der Waals surface area (Å²) >= 11 is 5.85. The maximum Gasteiger partial charge on any atom is 0.343 e. The molecule has 33 heavy (non-hydrogen) atoms. The Kier molecular flexibility index (Phi) is 7.77. The highest BCUT2D eigenvalue weighted by molar-refractivity contribution is 6.39. The minimum atomic E-state index is -0.958. The smallest absolute Gasteiger partial charge is 0.343 e. The summed E-state index contributed by atoms with van der Waals surface area (Å²) in [5, 5.41) is 6.93. The van der Waals surface area contributed by atoms with Crippen molar-refractivity contribution in [3.8, 4) is 11.5 Å². The first-order valence-corrected chi connectivity index (χ1v) is 10.1. The van der Waals surface area contributed by atoms with E-state index in [9.17, 15) is 14.4 Å². The lowest BCUT2D eigenvalue weighted by Gasteiger charge is -2.10. The van der Waals surface area contributed by atoms with Gasteiger partial charge in [0.15, 0.2) is 0 Å². The first-order chi connectivity index (χ1) is 15.9. The van der Waals surface area contributed by atoms with Gasteiger partial charge in [-0.3, -0.25) is 9.59 Å². The molecule has 0 bridgehead atoms. The fourth-order valence-electron chi connectivity index (χ4n) is 2.71. The van der Waals surface area contributed by atoms with E-state index in [0.717, 1.165) is 0 Å². The van der Waals surface area contributed by atoms with Crippen LogP contribution in [0.5, 0.6) is 11.5 Å². The Labute approximate surface area is 195 Å². The van der Waals surface area contributed by atoms with Gasteiger partial charge in [0.2, 0.25) is 0 Å². The molecule has 0 aliphatic rings. The number of para-hydroxylation sites is 1. The number of nitrogens with one attached hydrogen (secondary N) is 2. The molecule has 0 saturated heterocycles.